The van der Waals surface area contributed by atoms with Crippen molar-refractivity contribution in [2.24, 2.45) is 0 Å². The van der Waals surface area contributed by atoms with Gasteiger partial charge in [0.05, 0.1) is 0 Å². The number of aryl methyl sites for hydroxylation is 2. The SMILES string of the molecule is Clc1cc(Cl)cc(CCn2cncn2)c1. The van der Waals surface area contributed by atoms with Gasteiger partial charge in [0.1, 0.15) is 12.7 Å². The number of halogens is 2. The molecule has 1 aromatic heterocycles. The van der Waals surface area contributed by atoms with Crippen molar-refractivity contribution in [3.05, 3.63) is 46.5 Å². The lowest BCUT2D eigenvalue weighted by Crippen LogP contribution is -2.01. The van der Waals surface area contributed by atoms with E-state index < -0.39 is 0 Å². The van der Waals surface area contributed by atoms with Crippen molar-refractivity contribution in [1.29, 1.82) is 0 Å². The summed E-state index contributed by atoms with van der Waals surface area (Å²) in [5, 5.41) is 5.34. The molecule has 2 aromatic rings. The minimum Gasteiger partial charge on any atom is -0.253 e. The summed E-state index contributed by atoms with van der Waals surface area (Å²) in [5.41, 5.74) is 1.10. The van der Waals surface area contributed by atoms with Crippen LogP contribution in [0.4, 0.5) is 0 Å². The van der Waals surface area contributed by atoms with Crippen LogP contribution in [0.15, 0.2) is 30.9 Å². The summed E-state index contributed by atoms with van der Waals surface area (Å²) in [6.45, 7) is 0.774. The van der Waals surface area contributed by atoms with Crippen LogP contribution in [0.2, 0.25) is 10.0 Å². The fourth-order valence-electron chi connectivity index (χ4n) is 1.35. The highest BCUT2D eigenvalue weighted by Crippen LogP contribution is 2.19. The smallest absolute Gasteiger partial charge is 0.137 e. The summed E-state index contributed by atoms with van der Waals surface area (Å²) in [6.07, 6.45) is 4.04. The van der Waals surface area contributed by atoms with Crippen LogP contribution in [0.5, 0.6) is 0 Å². The molecule has 0 aliphatic rings. The van der Waals surface area contributed by atoms with Gasteiger partial charge >= 0.3 is 0 Å². The molecule has 15 heavy (non-hydrogen) atoms. The Bertz CT molecular complexity index is 420. The van der Waals surface area contributed by atoms with Crippen LogP contribution >= 0.6 is 23.2 Å². The molecule has 0 spiro atoms. The Morgan fingerprint density at radius 3 is 2.47 bits per heavy atom. The topological polar surface area (TPSA) is 30.7 Å². The summed E-state index contributed by atoms with van der Waals surface area (Å²) in [5.74, 6) is 0. The molecule has 1 heterocycles. The second-order valence-electron chi connectivity index (χ2n) is 3.19. The van der Waals surface area contributed by atoms with E-state index in [-0.39, 0.29) is 0 Å². The van der Waals surface area contributed by atoms with Gasteiger partial charge in [0, 0.05) is 16.6 Å². The standard InChI is InChI=1S/C10H9Cl2N3/c11-9-3-8(4-10(12)5-9)1-2-15-7-13-6-14-15/h3-7H,1-2H2. The summed E-state index contributed by atoms with van der Waals surface area (Å²) in [7, 11) is 0. The third kappa shape index (κ3) is 2.94. The summed E-state index contributed by atoms with van der Waals surface area (Å²) >= 11 is 11.8. The summed E-state index contributed by atoms with van der Waals surface area (Å²) in [4.78, 5) is 3.87. The Morgan fingerprint density at radius 1 is 1.13 bits per heavy atom. The first kappa shape index (κ1) is 10.5. The van der Waals surface area contributed by atoms with Gasteiger partial charge in [-0.15, -0.1) is 0 Å². The zero-order valence-corrected chi connectivity index (χ0v) is 9.41. The minimum atomic E-state index is 0.663. The Kier molecular flexibility index (Phi) is 3.23. The molecule has 0 bridgehead atoms. The van der Waals surface area contributed by atoms with Crippen molar-refractivity contribution in [3.8, 4) is 0 Å². The first-order chi connectivity index (χ1) is 7.24. The van der Waals surface area contributed by atoms with E-state index >= 15 is 0 Å². The summed E-state index contributed by atoms with van der Waals surface area (Å²) in [6, 6.07) is 5.54. The highest BCUT2D eigenvalue weighted by molar-refractivity contribution is 6.34. The zero-order valence-electron chi connectivity index (χ0n) is 7.90. The van der Waals surface area contributed by atoms with E-state index in [4.69, 9.17) is 23.2 Å². The van der Waals surface area contributed by atoms with Crippen molar-refractivity contribution >= 4 is 23.2 Å². The molecule has 3 nitrogen and oxygen atoms in total. The van der Waals surface area contributed by atoms with Crippen molar-refractivity contribution in [2.75, 3.05) is 0 Å². The molecular weight excluding hydrogens is 233 g/mol. The maximum atomic E-state index is 5.89. The van der Waals surface area contributed by atoms with E-state index in [0.29, 0.717) is 10.0 Å². The quantitative estimate of drug-likeness (QED) is 0.828. The molecule has 0 aliphatic carbocycles. The predicted molar refractivity (Wildman–Crippen MR) is 60.2 cm³/mol. The number of benzene rings is 1. The zero-order chi connectivity index (χ0) is 10.7. The average molecular weight is 242 g/mol. The Morgan fingerprint density at radius 2 is 1.87 bits per heavy atom. The molecule has 78 valence electrons. The van der Waals surface area contributed by atoms with Gasteiger partial charge in [-0.25, -0.2) is 4.98 Å². The molecule has 5 heteroatoms. The maximum absolute atomic E-state index is 5.89. The second kappa shape index (κ2) is 4.64. The van der Waals surface area contributed by atoms with Crippen molar-refractivity contribution in [3.63, 3.8) is 0 Å². The normalized spacial score (nSPS) is 10.5. The highest BCUT2D eigenvalue weighted by Gasteiger charge is 1.99. The highest BCUT2D eigenvalue weighted by atomic mass is 35.5. The van der Waals surface area contributed by atoms with Crippen LogP contribution in [0.3, 0.4) is 0 Å². The van der Waals surface area contributed by atoms with Crippen LogP contribution in [-0.4, -0.2) is 14.8 Å². The van der Waals surface area contributed by atoms with Gasteiger partial charge in [0.25, 0.3) is 0 Å². The fourth-order valence-corrected chi connectivity index (χ4v) is 1.92. The van der Waals surface area contributed by atoms with E-state index in [1.807, 2.05) is 12.1 Å². The lowest BCUT2D eigenvalue weighted by atomic mass is 10.1. The molecule has 0 amide bonds. The molecule has 0 fully saturated rings. The van der Waals surface area contributed by atoms with E-state index in [2.05, 4.69) is 10.1 Å². The number of aromatic nitrogens is 3. The lowest BCUT2D eigenvalue weighted by Gasteiger charge is -2.03. The van der Waals surface area contributed by atoms with Gasteiger partial charge < -0.3 is 0 Å². The van der Waals surface area contributed by atoms with E-state index in [0.717, 1.165) is 18.5 Å². The van der Waals surface area contributed by atoms with Gasteiger partial charge in [-0.1, -0.05) is 23.2 Å². The number of hydrogen-bond acceptors (Lipinski definition) is 2. The molecule has 0 saturated carbocycles. The molecular formula is C10H9Cl2N3. The number of nitrogens with zero attached hydrogens (tertiary/aromatic N) is 3. The Balaban J connectivity index is 2.05. The number of hydrogen-bond donors (Lipinski definition) is 0. The van der Waals surface area contributed by atoms with Gasteiger partial charge in [0.2, 0.25) is 0 Å². The molecule has 0 N–H and O–H groups in total. The van der Waals surface area contributed by atoms with Gasteiger partial charge in [-0.2, -0.15) is 5.10 Å². The van der Waals surface area contributed by atoms with E-state index in [1.165, 1.54) is 6.33 Å². The molecule has 0 atom stereocenters. The fraction of sp³-hybridized carbons (Fsp3) is 0.200. The average Bonchev–Trinajstić information content (AvgIpc) is 2.65. The third-order valence-electron chi connectivity index (χ3n) is 2.02. The van der Waals surface area contributed by atoms with Crippen LogP contribution < -0.4 is 0 Å². The molecule has 0 saturated heterocycles. The number of rotatable bonds is 3. The van der Waals surface area contributed by atoms with Crippen molar-refractivity contribution in [1.82, 2.24) is 14.8 Å². The van der Waals surface area contributed by atoms with Crippen LogP contribution in [0.25, 0.3) is 0 Å². The van der Waals surface area contributed by atoms with Crippen LogP contribution in [0, 0.1) is 0 Å². The first-order valence-corrected chi connectivity index (χ1v) is 5.27. The monoisotopic (exact) mass is 241 g/mol. The minimum absolute atomic E-state index is 0.663. The molecule has 2 rings (SSSR count). The largest absolute Gasteiger partial charge is 0.253 e. The van der Waals surface area contributed by atoms with E-state index in [1.54, 1.807) is 17.1 Å². The predicted octanol–water partition coefficient (Wildman–Crippen LogP) is 2.83. The lowest BCUT2D eigenvalue weighted by molar-refractivity contribution is 0.613. The van der Waals surface area contributed by atoms with Crippen molar-refractivity contribution < 1.29 is 0 Å². The second-order valence-corrected chi connectivity index (χ2v) is 4.06. The van der Waals surface area contributed by atoms with Crippen LogP contribution in [-0.2, 0) is 13.0 Å². The van der Waals surface area contributed by atoms with E-state index in [9.17, 15) is 0 Å². The maximum Gasteiger partial charge on any atom is 0.137 e. The van der Waals surface area contributed by atoms with Crippen LogP contribution in [0.1, 0.15) is 5.56 Å². The molecule has 1 aromatic carbocycles. The van der Waals surface area contributed by atoms with Crippen molar-refractivity contribution in [2.45, 2.75) is 13.0 Å². The molecule has 0 unspecified atom stereocenters. The Hall–Kier alpha value is -1.06. The van der Waals surface area contributed by atoms with Gasteiger partial charge in [0.15, 0.2) is 0 Å². The summed E-state index contributed by atoms with van der Waals surface area (Å²) < 4.78 is 1.77. The Labute approximate surface area is 97.7 Å². The molecule has 0 radical (unpaired) electrons. The van der Waals surface area contributed by atoms with Gasteiger partial charge in [-0.05, 0) is 30.2 Å². The molecule has 0 aliphatic heterocycles. The first-order valence-electron chi connectivity index (χ1n) is 4.51. The van der Waals surface area contributed by atoms with Gasteiger partial charge in [-0.3, -0.25) is 4.68 Å². The third-order valence-corrected chi connectivity index (χ3v) is 2.45.